The molecule has 8 heteroatoms. The van der Waals surface area contributed by atoms with Crippen molar-refractivity contribution in [3.8, 4) is 0 Å². The van der Waals surface area contributed by atoms with E-state index in [2.05, 4.69) is 25.8 Å². The molecule has 0 aliphatic heterocycles. The number of para-hydroxylation sites is 1. The number of benzene rings is 1. The summed E-state index contributed by atoms with van der Waals surface area (Å²) in [5, 5.41) is 14.0. The Hall–Kier alpha value is -2.41. The topological polar surface area (TPSA) is 67.1 Å². The van der Waals surface area contributed by atoms with Gasteiger partial charge in [-0.05, 0) is 12.1 Å². The first kappa shape index (κ1) is 12.6. The smallest absolute Gasteiger partial charge is 0.228 e. The molecule has 102 valence electrons. The summed E-state index contributed by atoms with van der Waals surface area (Å²) < 4.78 is 15.5. The van der Waals surface area contributed by atoms with Crippen LogP contribution in [0.3, 0.4) is 0 Å². The molecule has 0 atom stereocenters. The van der Waals surface area contributed by atoms with Gasteiger partial charge in [0.05, 0.1) is 10.7 Å². The van der Waals surface area contributed by atoms with Gasteiger partial charge in [-0.15, -0.1) is 10.2 Å². The van der Waals surface area contributed by atoms with E-state index in [4.69, 9.17) is 11.6 Å². The van der Waals surface area contributed by atoms with Crippen molar-refractivity contribution in [1.82, 2.24) is 19.6 Å². The van der Waals surface area contributed by atoms with Crippen LogP contribution in [0, 0.1) is 5.82 Å². The maximum absolute atomic E-state index is 13.8. The number of rotatable bonds is 3. The number of halogens is 2. The molecular weight excluding hydrogens is 283 g/mol. The summed E-state index contributed by atoms with van der Waals surface area (Å²) in [5.74, 6) is 0.466. The first-order valence-electron chi connectivity index (χ1n) is 5.79. The van der Waals surface area contributed by atoms with Gasteiger partial charge in [0.2, 0.25) is 11.6 Å². The molecule has 0 amide bonds. The van der Waals surface area contributed by atoms with Crippen LogP contribution in [-0.2, 0) is 0 Å². The molecule has 2 heterocycles. The lowest BCUT2D eigenvalue weighted by atomic mass is 10.3. The highest BCUT2D eigenvalue weighted by Gasteiger charge is 2.13. The second kappa shape index (κ2) is 4.93. The summed E-state index contributed by atoms with van der Waals surface area (Å²) in [6.45, 7) is 0. The predicted molar refractivity (Wildman–Crippen MR) is 75.0 cm³/mol. The van der Waals surface area contributed by atoms with Crippen molar-refractivity contribution in [2.24, 2.45) is 0 Å². The Morgan fingerprint density at radius 3 is 2.90 bits per heavy atom. The van der Waals surface area contributed by atoms with Gasteiger partial charge in [0.1, 0.15) is 5.82 Å². The molecule has 1 aromatic carbocycles. The van der Waals surface area contributed by atoms with Crippen LogP contribution in [0.2, 0.25) is 5.02 Å². The highest BCUT2D eigenvalue weighted by molar-refractivity contribution is 6.33. The molecule has 0 spiro atoms. The summed E-state index contributed by atoms with van der Waals surface area (Å²) in [7, 11) is 1.73. The average molecular weight is 293 g/mol. The lowest BCUT2D eigenvalue weighted by molar-refractivity contribution is 0.632. The van der Waals surface area contributed by atoms with E-state index >= 15 is 0 Å². The number of fused-ring (bicyclic) bond motifs is 1. The van der Waals surface area contributed by atoms with Gasteiger partial charge < -0.3 is 10.6 Å². The summed E-state index contributed by atoms with van der Waals surface area (Å²) >= 11 is 5.98. The van der Waals surface area contributed by atoms with E-state index in [9.17, 15) is 4.39 Å². The fourth-order valence-electron chi connectivity index (χ4n) is 1.82. The zero-order valence-electron chi connectivity index (χ0n) is 10.4. The highest BCUT2D eigenvalue weighted by Crippen LogP contribution is 2.28. The molecule has 3 rings (SSSR count). The molecule has 20 heavy (non-hydrogen) atoms. The molecule has 3 aromatic rings. The van der Waals surface area contributed by atoms with E-state index in [0.717, 1.165) is 0 Å². The van der Waals surface area contributed by atoms with Crippen LogP contribution in [0.25, 0.3) is 5.65 Å². The van der Waals surface area contributed by atoms with E-state index < -0.39 is 5.82 Å². The molecule has 0 radical (unpaired) electrons. The van der Waals surface area contributed by atoms with E-state index in [0.29, 0.717) is 17.4 Å². The fourth-order valence-corrected chi connectivity index (χ4v) is 2.03. The van der Waals surface area contributed by atoms with Crippen molar-refractivity contribution in [2.75, 3.05) is 17.7 Å². The maximum atomic E-state index is 13.8. The Kier molecular flexibility index (Phi) is 3.11. The molecule has 2 aromatic heterocycles. The van der Waals surface area contributed by atoms with Crippen LogP contribution < -0.4 is 10.6 Å². The Labute approximate surface area is 118 Å². The molecule has 0 saturated heterocycles. The van der Waals surface area contributed by atoms with Crippen molar-refractivity contribution in [2.45, 2.75) is 0 Å². The van der Waals surface area contributed by atoms with E-state index in [1.807, 2.05) is 0 Å². The predicted octanol–water partition coefficient (Wildman–Crippen LogP) is 2.70. The van der Waals surface area contributed by atoms with E-state index in [-0.39, 0.29) is 10.7 Å². The summed E-state index contributed by atoms with van der Waals surface area (Å²) in [6, 6.07) is 4.44. The largest absolute Gasteiger partial charge is 0.357 e. The molecule has 6 nitrogen and oxygen atoms in total. The molecule has 0 bridgehead atoms. The monoisotopic (exact) mass is 292 g/mol. The molecule has 2 N–H and O–H groups in total. The van der Waals surface area contributed by atoms with Crippen LogP contribution in [0.1, 0.15) is 0 Å². The maximum Gasteiger partial charge on any atom is 0.228 e. The molecule has 0 aliphatic carbocycles. The standard InChI is InChI=1S/C12H10ClFN6/c1-15-12-19-18-11-10(16-5-6-20(11)12)17-9-7(13)3-2-4-8(9)14/h2-6H,1H3,(H,15,19)(H,16,17). The van der Waals surface area contributed by atoms with Gasteiger partial charge in [0.15, 0.2) is 5.82 Å². The van der Waals surface area contributed by atoms with Gasteiger partial charge in [-0.3, -0.25) is 4.40 Å². The molecule has 0 fully saturated rings. The van der Waals surface area contributed by atoms with Crippen LogP contribution in [0.5, 0.6) is 0 Å². The number of hydrogen-bond donors (Lipinski definition) is 2. The van der Waals surface area contributed by atoms with Crippen molar-refractivity contribution in [3.05, 3.63) is 41.4 Å². The van der Waals surface area contributed by atoms with Gasteiger partial charge >= 0.3 is 0 Å². The van der Waals surface area contributed by atoms with Crippen molar-refractivity contribution in [3.63, 3.8) is 0 Å². The Morgan fingerprint density at radius 1 is 1.30 bits per heavy atom. The SMILES string of the molecule is CNc1nnc2c(Nc3c(F)cccc3Cl)nccn12. The van der Waals surface area contributed by atoms with Crippen LogP contribution in [0.4, 0.5) is 21.8 Å². The lowest BCUT2D eigenvalue weighted by Gasteiger charge is -2.09. The minimum absolute atomic E-state index is 0.156. The molecule has 0 saturated carbocycles. The number of nitrogens with one attached hydrogen (secondary N) is 2. The van der Waals surface area contributed by atoms with Gasteiger partial charge in [0, 0.05) is 19.4 Å². The molecule has 0 aliphatic rings. The number of aromatic nitrogens is 4. The van der Waals surface area contributed by atoms with Gasteiger partial charge in [-0.2, -0.15) is 0 Å². The van der Waals surface area contributed by atoms with Crippen LogP contribution in [0.15, 0.2) is 30.6 Å². The van der Waals surface area contributed by atoms with Gasteiger partial charge in [-0.1, -0.05) is 17.7 Å². The van der Waals surface area contributed by atoms with Gasteiger partial charge in [0.25, 0.3) is 0 Å². The Bertz CT molecular complexity index is 751. The van der Waals surface area contributed by atoms with Crippen LogP contribution >= 0.6 is 11.6 Å². The second-order valence-corrected chi connectivity index (χ2v) is 4.37. The van der Waals surface area contributed by atoms with Crippen molar-refractivity contribution >= 4 is 34.7 Å². The summed E-state index contributed by atoms with van der Waals surface area (Å²) in [6.07, 6.45) is 3.27. The first-order chi connectivity index (χ1) is 9.70. The van der Waals surface area contributed by atoms with Crippen molar-refractivity contribution < 1.29 is 4.39 Å². The third-order valence-electron chi connectivity index (χ3n) is 2.76. The number of nitrogens with zero attached hydrogens (tertiary/aromatic N) is 4. The molecule has 0 unspecified atom stereocenters. The fraction of sp³-hybridized carbons (Fsp3) is 0.0833. The minimum Gasteiger partial charge on any atom is -0.357 e. The third-order valence-corrected chi connectivity index (χ3v) is 3.07. The zero-order valence-corrected chi connectivity index (χ0v) is 11.2. The Morgan fingerprint density at radius 2 is 2.15 bits per heavy atom. The summed E-state index contributed by atoms with van der Waals surface area (Å²) in [4.78, 5) is 4.14. The van der Waals surface area contributed by atoms with Crippen molar-refractivity contribution in [1.29, 1.82) is 0 Å². The minimum atomic E-state index is -0.463. The quantitative estimate of drug-likeness (QED) is 0.777. The summed E-state index contributed by atoms with van der Waals surface area (Å²) in [5.41, 5.74) is 0.625. The highest BCUT2D eigenvalue weighted by atomic mass is 35.5. The zero-order chi connectivity index (χ0) is 14.1. The molecular formula is C12H10ClFN6. The number of hydrogen-bond acceptors (Lipinski definition) is 5. The third kappa shape index (κ3) is 2.01. The van der Waals surface area contributed by atoms with E-state index in [1.54, 1.807) is 29.9 Å². The average Bonchev–Trinajstić information content (AvgIpc) is 2.87. The van der Waals surface area contributed by atoms with Gasteiger partial charge in [-0.25, -0.2) is 9.37 Å². The second-order valence-electron chi connectivity index (χ2n) is 3.96. The van der Waals surface area contributed by atoms with E-state index in [1.165, 1.54) is 12.1 Å². The number of anilines is 3. The van der Waals surface area contributed by atoms with Crippen LogP contribution in [-0.4, -0.2) is 26.6 Å². The first-order valence-corrected chi connectivity index (χ1v) is 6.17. The Balaban J connectivity index is 2.09. The normalized spacial score (nSPS) is 10.8. The lowest BCUT2D eigenvalue weighted by Crippen LogP contribution is -2.01.